The molecule has 0 radical (unpaired) electrons. The third kappa shape index (κ3) is 8.95. The maximum Gasteiger partial charge on any atom is 0.119 e. The predicted molar refractivity (Wildman–Crippen MR) is 51.0 cm³/mol. The molecule has 1 aromatic rings. The molecule has 0 fully saturated rings. The van der Waals surface area contributed by atoms with Gasteiger partial charge in [-0.15, -0.1) is 0 Å². The van der Waals surface area contributed by atoms with E-state index in [9.17, 15) is 4.79 Å². The summed E-state index contributed by atoms with van der Waals surface area (Å²) in [5, 5.41) is 0. The number of aromatic amines is 1. The number of nitrogens with one attached hydrogen (secondary N) is 1. The molecule has 0 atom stereocenters. The highest BCUT2D eigenvalue weighted by Crippen LogP contribution is 1.94. The van der Waals surface area contributed by atoms with Crippen molar-refractivity contribution in [2.24, 2.45) is 0 Å². The normalized spacial score (nSPS) is 8.42. The lowest BCUT2D eigenvalue weighted by molar-refractivity contribution is -0.107. The van der Waals surface area contributed by atoms with Crippen LogP contribution in [0.4, 0.5) is 0 Å². The fraction of sp³-hybridized carbons (Fsp3) is 0.500. The Labute approximate surface area is 74.0 Å². The first-order valence-electron chi connectivity index (χ1n) is 4.43. The first-order chi connectivity index (χ1) is 5.91. The summed E-state index contributed by atoms with van der Waals surface area (Å²) in [5.41, 5.74) is 0. The Kier molecular flexibility index (Phi) is 9.08. The number of rotatable bonds is 4. The van der Waals surface area contributed by atoms with Crippen molar-refractivity contribution in [2.45, 2.75) is 32.6 Å². The van der Waals surface area contributed by atoms with Gasteiger partial charge in [0.1, 0.15) is 6.29 Å². The van der Waals surface area contributed by atoms with E-state index in [1.54, 1.807) is 0 Å². The van der Waals surface area contributed by atoms with Crippen LogP contribution in [0.2, 0.25) is 0 Å². The van der Waals surface area contributed by atoms with E-state index in [1.165, 1.54) is 12.8 Å². The molecule has 0 aliphatic rings. The maximum atomic E-state index is 9.68. The van der Waals surface area contributed by atoms with Crippen molar-refractivity contribution in [2.75, 3.05) is 0 Å². The topological polar surface area (TPSA) is 32.9 Å². The molecule has 0 saturated carbocycles. The zero-order chi connectivity index (χ0) is 9.07. The maximum absolute atomic E-state index is 9.68. The first kappa shape index (κ1) is 11.0. The molecule has 68 valence electrons. The van der Waals surface area contributed by atoms with Gasteiger partial charge in [0, 0.05) is 18.8 Å². The lowest BCUT2D eigenvalue weighted by atomic mass is 10.2. The molecule has 1 heterocycles. The van der Waals surface area contributed by atoms with Crippen LogP contribution in [-0.2, 0) is 4.79 Å². The van der Waals surface area contributed by atoms with E-state index in [0.717, 1.165) is 19.1 Å². The van der Waals surface area contributed by atoms with E-state index in [2.05, 4.69) is 11.9 Å². The second-order valence-corrected chi connectivity index (χ2v) is 2.55. The second-order valence-electron chi connectivity index (χ2n) is 2.55. The van der Waals surface area contributed by atoms with Crippen LogP contribution >= 0.6 is 0 Å². The zero-order valence-electron chi connectivity index (χ0n) is 7.62. The third-order valence-electron chi connectivity index (χ3n) is 1.42. The van der Waals surface area contributed by atoms with Gasteiger partial charge in [0.15, 0.2) is 0 Å². The van der Waals surface area contributed by atoms with Crippen molar-refractivity contribution in [3.63, 3.8) is 0 Å². The number of carbonyl (C=O) groups is 1. The van der Waals surface area contributed by atoms with Crippen molar-refractivity contribution in [3.05, 3.63) is 24.5 Å². The van der Waals surface area contributed by atoms with E-state index in [-0.39, 0.29) is 0 Å². The summed E-state index contributed by atoms with van der Waals surface area (Å²) in [5.74, 6) is 0. The van der Waals surface area contributed by atoms with Gasteiger partial charge in [0.25, 0.3) is 0 Å². The van der Waals surface area contributed by atoms with Gasteiger partial charge in [-0.2, -0.15) is 0 Å². The van der Waals surface area contributed by atoms with Gasteiger partial charge in [-0.1, -0.05) is 19.8 Å². The van der Waals surface area contributed by atoms with E-state index in [0.29, 0.717) is 0 Å². The summed E-state index contributed by atoms with van der Waals surface area (Å²) in [7, 11) is 0. The highest BCUT2D eigenvalue weighted by atomic mass is 16.1. The van der Waals surface area contributed by atoms with Crippen molar-refractivity contribution in [1.29, 1.82) is 0 Å². The summed E-state index contributed by atoms with van der Waals surface area (Å²) in [6.45, 7) is 2.13. The Balaban J connectivity index is 0.000000211. The van der Waals surface area contributed by atoms with Gasteiger partial charge in [-0.3, -0.25) is 0 Å². The average Bonchev–Trinajstić information content (AvgIpc) is 2.62. The van der Waals surface area contributed by atoms with Crippen LogP contribution in [0.1, 0.15) is 32.6 Å². The van der Waals surface area contributed by atoms with Crippen molar-refractivity contribution < 1.29 is 4.79 Å². The Bertz CT molecular complexity index is 141. The smallest absolute Gasteiger partial charge is 0.119 e. The molecule has 0 aliphatic heterocycles. The second kappa shape index (κ2) is 9.95. The van der Waals surface area contributed by atoms with Crippen LogP contribution in [0.25, 0.3) is 0 Å². The van der Waals surface area contributed by atoms with Gasteiger partial charge in [0.05, 0.1) is 0 Å². The Morgan fingerprint density at radius 3 is 2.25 bits per heavy atom. The molecule has 0 aliphatic carbocycles. The summed E-state index contributed by atoms with van der Waals surface area (Å²) >= 11 is 0. The molecule has 0 aromatic carbocycles. The molecule has 0 bridgehead atoms. The number of aromatic nitrogens is 1. The Morgan fingerprint density at radius 1 is 1.25 bits per heavy atom. The molecular formula is C10H17NO. The largest absolute Gasteiger partial charge is 0.368 e. The molecule has 1 rings (SSSR count). The van der Waals surface area contributed by atoms with Gasteiger partial charge < -0.3 is 9.78 Å². The molecule has 1 aromatic heterocycles. The number of aldehydes is 1. The molecule has 2 nitrogen and oxygen atoms in total. The van der Waals surface area contributed by atoms with Crippen LogP contribution < -0.4 is 0 Å². The minimum atomic E-state index is 0.744. The van der Waals surface area contributed by atoms with Gasteiger partial charge in [0.2, 0.25) is 0 Å². The lowest BCUT2D eigenvalue weighted by Crippen LogP contribution is -1.73. The Hall–Kier alpha value is -1.05. The SMILES string of the molecule is CCCCCC=O.c1cc[nH]c1. The minimum Gasteiger partial charge on any atom is -0.368 e. The van der Waals surface area contributed by atoms with Crippen LogP contribution in [0.3, 0.4) is 0 Å². The number of unbranched alkanes of at least 4 members (excludes halogenated alkanes) is 3. The summed E-state index contributed by atoms with van der Waals surface area (Å²) < 4.78 is 0. The standard InChI is InChI=1S/C6H12O.C4H5N/c1-2-3-4-5-6-7;1-2-4-5-3-1/h6H,2-5H2,1H3;1-5H. The monoisotopic (exact) mass is 167 g/mol. The highest BCUT2D eigenvalue weighted by Gasteiger charge is 1.80. The van der Waals surface area contributed by atoms with Crippen LogP contribution in [0, 0.1) is 0 Å². The molecule has 2 heteroatoms. The summed E-state index contributed by atoms with van der Waals surface area (Å²) in [4.78, 5) is 12.5. The molecule has 0 unspecified atom stereocenters. The van der Waals surface area contributed by atoms with Crippen LogP contribution in [0.15, 0.2) is 24.5 Å². The minimum absolute atomic E-state index is 0.744. The fourth-order valence-electron chi connectivity index (χ4n) is 0.755. The first-order valence-corrected chi connectivity index (χ1v) is 4.43. The fourth-order valence-corrected chi connectivity index (χ4v) is 0.755. The van der Waals surface area contributed by atoms with E-state index < -0.39 is 0 Å². The molecule has 1 N–H and O–H groups in total. The zero-order valence-corrected chi connectivity index (χ0v) is 7.62. The highest BCUT2D eigenvalue weighted by molar-refractivity contribution is 5.48. The predicted octanol–water partition coefficient (Wildman–Crippen LogP) is 2.78. The number of H-pyrrole nitrogens is 1. The van der Waals surface area contributed by atoms with Crippen LogP contribution in [0.5, 0.6) is 0 Å². The van der Waals surface area contributed by atoms with Crippen molar-refractivity contribution in [1.82, 2.24) is 4.98 Å². The van der Waals surface area contributed by atoms with Crippen LogP contribution in [-0.4, -0.2) is 11.3 Å². The summed E-state index contributed by atoms with van der Waals surface area (Å²) in [6.07, 6.45) is 8.94. The number of carbonyl (C=O) groups excluding carboxylic acids is 1. The third-order valence-corrected chi connectivity index (χ3v) is 1.42. The summed E-state index contributed by atoms with van der Waals surface area (Å²) in [6, 6.07) is 3.89. The lowest BCUT2D eigenvalue weighted by Gasteiger charge is -1.85. The average molecular weight is 167 g/mol. The van der Waals surface area contributed by atoms with Gasteiger partial charge >= 0.3 is 0 Å². The quantitative estimate of drug-likeness (QED) is 0.543. The van der Waals surface area contributed by atoms with Crippen molar-refractivity contribution >= 4 is 6.29 Å². The molecule has 0 saturated heterocycles. The van der Waals surface area contributed by atoms with Gasteiger partial charge in [-0.05, 0) is 18.6 Å². The van der Waals surface area contributed by atoms with E-state index in [4.69, 9.17) is 0 Å². The van der Waals surface area contributed by atoms with Gasteiger partial charge in [-0.25, -0.2) is 0 Å². The van der Waals surface area contributed by atoms with E-state index in [1.807, 2.05) is 24.5 Å². The van der Waals surface area contributed by atoms with Crippen molar-refractivity contribution in [3.8, 4) is 0 Å². The molecule has 0 amide bonds. The molecular weight excluding hydrogens is 150 g/mol. The molecule has 0 spiro atoms. The molecule has 12 heavy (non-hydrogen) atoms. The number of hydrogen-bond acceptors (Lipinski definition) is 1. The Morgan fingerprint density at radius 2 is 1.92 bits per heavy atom. The van der Waals surface area contributed by atoms with E-state index >= 15 is 0 Å². The number of hydrogen-bond donors (Lipinski definition) is 1.